The third-order valence-electron chi connectivity index (χ3n) is 6.22. The smallest absolute Gasteiger partial charge is 0.227 e. The number of amides is 1. The topological polar surface area (TPSA) is 67.6 Å². The van der Waals surface area contributed by atoms with Gasteiger partial charge in [0.1, 0.15) is 0 Å². The molecule has 1 aromatic rings. The molecular weight excluding hydrogens is 326 g/mol. The Morgan fingerprint density at radius 3 is 2.54 bits per heavy atom. The van der Waals surface area contributed by atoms with Crippen LogP contribution < -0.4 is 11.1 Å². The summed E-state index contributed by atoms with van der Waals surface area (Å²) in [5, 5.41) is 3.24. The standard InChI is InChI=1S/C21H33N3O2/c1-17-7-11-24(12-8-17)19(18-5-3-2-4-6-18)15-23-20(25)21(16-22)9-13-26-14-10-21/h2-6,17,19H,7-16,22H2,1H3,(H,23,25). The zero-order valence-electron chi connectivity index (χ0n) is 16.0. The second-order valence-corrected chi connectivity index (χ2v) is 7.95. The van der Waals surface area contributed by atoms with Crippen LogP contribution in [0, 0.1) is 11.3 Å². The SMILES string of the molecule is CC1CCN(C(CNC(=O)C2(CN)CCOCC2)c2ccccc2)CC1. The number of piperidine rings is 1. The highest BCUT2D eigenvalue weighted by atomic mass is 16.5. The quantitative estimate of drug-likeness (QED) is 0.818. The van der Waals surface area contributed by atoms with Crippen LogP contribution in [-0.4, -0.2) is 50.2 Å². The monoisotopic (exact) mass is 359 g/mol. The van der Waals surface area contributed by atoms with Crippen molar-refractivity contribution in [3.05, 3.63) is 35.9 Å². The van der Waals surface area contributed by atoms with Crippen molar-refractivity contribution in [3.63, 3.8) is 0 Å². The second-order valence-electron chi connectivity index (χ2n) is 7.95. The molecule has 5 nitrogen and oxygen atoms in total. The number of carbonyl (C=O) groups is 1. The lowest BCUT2D eigenvalue weighted by Crippen LogP contribution is -2.51. The van der Waals surface area contributed by atoms with Gasteiger partial charge in [0, 0.05) is 26.3 Å². The fourth-order valence-electron chi connectivity index (χ4n) is 4.14. The number of carbonyl (C=O) groups excluding carboxylic acids is 1. The van der Waals surface area contributed by atoms with Crippen LogP contribution in [0.5, 0.6) is 0 Å². The number of rotatable bonds is 6. The highest BCUT2D eigenvalue weighted by molar-refractivity contribution is 5.83. The Morgan fingerprint density at radius 2 is 1.92 bits per heavy atom. The van der Waals surface area contributed by atoms with E-state index in [0.717, 1.165) is 19.0 Å². The number of benzene rings is 1. The fraction of sp³-hybridized carbons (Fsp3) is 0.667. The molecule has 0 radical (unpaired) electrons. The summed E-state index contributed by atoms with van der Waals surface area (Å²) in [6.45, 7) is 6.78. The van der Waals surface area contributed by atoms with E-state index in [1.807, 2.05) is 6.07 Å². The van der Waals surface area contributed by atoms with Gasteiger partial charge in [0.15, 0.2) is 0 Å². The molecule has 2 aliphatic heterocycles. The third kappa shape index (κ3) is 4.45. The molecule has 0 bridgehead atoms. The second kappa shape index (κ2) is 8.98. The summed E-state index contributed by atoms with van der Waals surface area (Å²) in [6.07, 6.45) is 3.88. The molecule has 1 aromatic carbocycles. The van der Waals surface area contributed by atoms with E-state index in [1.165, 1.54) is 18.4 Å². The van der Waals surface area contributed by atoms with Crippen LogP contribution in [0.25, 0.3) is 0 Å². The maximum Gasteiger partial charge on any atom is 0.227 e. The Labute approximate surface area is 157 Å². The van der Waals surface area contributed by atoms with Gasteiger partial charge in [0.05, 0.1) is 11.5 Å². The fourth-order valence-corrected chi connectivity index (χ4v) is 4.14. The van der Waals surface area contributed by atoms with Crippen molar-refractivity contribution in [2.75, 3.05) is 39.4 Å². The molecule has 3 N–H and O–H groups in total. The number of ether oxygens (including phenoxy) is 1. The predicted molar refractivity (Wildman–Crippen MR) is 104 cm³/mol. The van der Waals surface area contributed by atoms with Gasteiger partial charge in [-0.05, 0) is 50.3 Å². The molecular formula is C21H33N3O2. The van der Waals surface area contributed by atoms with Crippen LogP contribution in [0.15, 0.2) is 30.3 Å². The summed E-state index contributed by atoms with van der Waals surface area (Å²) >= 11 is 0. The van der Waals surface area contributed by atoms with Gasteiger partial charge in [-0.1, -0.05) is 37.3 Å². The van der Waals surface area contributed by atoms with Crippen LogP contribution in [0.1, 0.15) is 44.2 Å². The minimum atomic E-state index is -0.462. The van der Waals surface area contributed by atoms with Crippen LogP contribution in [0.2, 0.25) is 0 Å². The number of nitrogens with zero attached hydrogens (tertiary/aromatic N) is 1. The molecule has 5 heteroatoms. The summed E-state index contributed by atoms with van der Waals surface area (Å²) in [5.74, 6) is 0.884. The molecule has 0 aromatic heterocycles. The van der Waals surface area contributed by atoms with E-state index < -0.39 is 5.41 Å². The molecule has 0 saturated carbocycles. The van der Waals surface area contributed by atoms with Gasteiger partial charge in [-0.2, -0.15) is 0 Å². The Morgan fingerprint density at radius 1 is 1.27 bits per heavy atom. The van der Waals surface area contributed by atoms with Gasteiger partial charge < -0.3 is 15.8 Å². The zero-order valence-corrected chi connectivity index (χ0v) is 16.0. The first-order chi connectivity index (χ1) is 12.6. The molecule has 2 aliphatic rings. The van der Waals surface area contributed by atoms with Crippen molar-refractivity contribution in [1.29, 1.82) is 0 Å². The number of hydrogen-bond donors (Lipinski definition) is 2. The van der Waals surface area contributed by atoms with Crippen molar-refractivity contribution in [2.24, 2.45) is 17.1 Å². The molecule has 1 atom stereocenters. The lowest BCUT2D eigenvalue weighted by atomic mass is 9.79. The normalized spacial score (nSPS) is 22.7. The highest BCUT2D eigenvalue weighted by Crippen LogP contribution is 2.31. The van der Waals surface area contributed by atoms with E-state index in [9.17, 15) is 4.79 Å². The molecule has 2 heterocycles. The van der Waals surface area contributed by atoms with Crippen LogP contribution in [-0.2, 0) is 9.53 Å². The van der Waals surface area contributed by atoms with Crippen LogP contribution in [0.3, 0.4) is 0 Å². The van der Waals surface area contributed by atoms with E-state index >= 15 is 0 Å². The Hall–Kier alpha value is -1.43. The molecule has 2 saturated heterocycles. The van der Waals surface area contributed by atoms with Gasteiger partial charge in [0.25, 0.3) is 0 Å². The number of nitrogens with two attached hydrogens (primary N) is 1. The summed E-state index contributed by atoms with van der Waals surface area (Å²) in [7, 11) is 0. The first kappa shape index (κ1) is 19.3. The summed E-state index contributed by atoms with van der Waals surface area (Å²) in [5.41, 5.74) is 6.80. The Balaban J connectivity index is 1.68. The largest absolute Gasteiger partial charge is 0.381 e. The van der Waals surface area contributed by atoms with E-state index in [2.05, 4.69) is 41.4 Å². The number of likely N-dealkylation sites (tertiary alicyclic amines) is 1. The van der Waals surface area contributed by atoms with Crippen molar-refractivity contribution in [2.45, 2.75) is 38.6 Å². The average Bonchev–Trinajstić information content (AvgIpc) is 2.70. The van der Waals surface area contributed by atoms with Crippen molar-refractivity contribution >= 4 is 5.91 Å². The number of hydrogen-bond acceptors (Lipinski definition) is 4. The Kier molecular flexibility index (Phi) is 6.68. The summed E-state index contributed by atoms with van der Waals surface area (Å²) < 4.78 is 5.43. The van der Waals surface area contributed by atoms with Gasteiger partial charge in [-0.25, -0.2) is 0 Å². The average molecular weight is 360 g/mol. The minimum absolute atomic E-state index is 0.0922. The zero-order chi connectivity index (χ0) is 18.4. The maximum atomic E-state index is 13.0. The molecule has 2 fully saturated rings. The summed E-state index contributed by atoms with van der Waals surface area (Å²) in [6, 6.07) is 10.8. The molecule has 144 valence electrons. The molecule has 26 heavy (non-hydrogen) atoms. The lowest BCUT2D eigenvalue weighted by molar-refractivity contribution is -0.136. The van der Waals surface area contributed by atoms with Crippen molar-refractivity contribution in [3.8, 4) is 0 Å². The predicted octanol–water partition coefficient (Wildman–Crippen LogP) is 2.33. The number of nitrogens with one attached hydrogen (secondary N) is 1. The molecule has 1 unspecified atom stereocenters. The van der Waals surface area contributed by atoms with Gasteiger partial charge >= 0.3 is 0 Å². The van der Waals surface area contributed by atoms with Gasteiger partial charge in [0.2, 0.25) is 5.91 Å². The first-order valence-electron chi connectivity index (χ1n) is 10.00. The Bertz CT molecular complexity index is 564. The minimum Gasteiger partial charge on any atom is -0.381 e. The molecule has 3 rings (SSSR count). The van der Waals surface area contributed by atoms with E-state index in [-0.39, 0.29) is 11.9 Å². The van der Waals surface area contributed by atoms with E-state index in [1.54, 1.807) is 0 Å². The van der Waals surface area contributed by atoms with E-state index in [0.29, 0.717) is 39.1 Å². The van der Waals surface area contributed by atoms with Gasteiger partial charge in [-0.3, -0.25) is 9.69 Å². The first-order valence-corrected chi connectivity index (χ1v) is 10.00. The van der Waals surface area contributed by atoms with E-state index in [4.69, 9.17) is 10.5 Å². The van der Waals surface area contributed by atoms with Crippen molar-refractivity contribution < 1.29 is 9.53 Å². The third-order valence-corrected chi connectivity index (χ3v) is 6.22. The van der Waals surface area contributed by atoms with Gasteiger partial charge in [-0.15, -0.1) is 0 Å². The van der Waals surface area contributed by atoms with Crippen molar-refractivity contribution in [1.82, 2.24) is 10.2 Å². The molecule has 0 aliphatic carbocycles. The maximum absolute atomic E-state index is 13.0. The molecule has 1 amide bonds. The lowest BCUT2D eigenvalue weighted by Gasteiger charge is -2.39. The highest BCUT2D eigenvalue weighted by Gasteiger charge is 2.39. The van der Waals surface area contributed by atoms with Crippen LogP contribution >= 0.6 is 0 Å². The summed E-state index contributed by atoms with van der Waals surface area (Å²) in [4.78, 5) is 15.5. The molecule has 0 spiro atoms. The van der Waals surface area contributed by atoms with Crippen LogP contribution in [0.4, 0.5) is 0 Å².